The van der Waals surface area contributed by atoms with Gasteiger partial charge < -0.3 is 24.4 Å². The summed E-state index contributed by atoms with van der Waals surface area (Å²) >= 11 is 0. The fraction of sp³-hybridized carbons (Fsp3) is 0.769. The number of esters is 3. The van der Waals surface area contributed by atoms with Crippen LogP contribution in [0.5, 0.6) is 0 Å². The molecule has 2 bridgehead atoms. The Balaban J connectivity index is 1.96. The molecule has 2 N–H and O–H groups in total. The van der Waals surface area contributed by atoms with Gasteiger partial charge in [0.25, 0.3) is 0 Å². The Kier molecular flexibility index (Phi) is 6.00. The summed E-state index contributed by atoms with van der Waals surface area (Å²) in [6, 6.07) is 0. The van der Waals surface area contributed by atoms with Crippen molar-refractivity contribution in [1.82, 2.24) is 0 Å². The highest BCUT2D eigenvalue weighted by molar-refractivity contribution is 6.04. The van der Waals surface area contributed by atoms with Gasteiger partial charge in [-0.2, -0.15) is 0 Å². The van der Waals surface area contributed by atoms with Crippen LogP contribution >= 0.6 is 0 Å². The first-order valence-corrected chi connectivity index (χ1v) is 12.2. The van der Waals surface area contributed by atoms with Crippen molar-refractivity contribution >= 4 is 23.7 Å². The molecular weight excluding hydrogens is 456 g/mol. The van der Waals surface area contributed by atoms with Crippen LogP contribution < -0.4 is 0 Å². The molecular formula is C26H36O9. The van der Waals surface area contributed by atoms with Crippen LogP contribution in [-0.2, 0) is 33.4 Å². The van der Waals surface area contributed by atoms with Crippen molar-refractivity contribution in [3.63, 3.8) is 0 Å². The highest BCUT2D eigenvalue weighted by Crippen LogP contribution is 2.72. The van der Waals surface area contributed by atoms with E-state index in [0.717, 1.165) is 0 Å². The van der Waals surface area contributed by atoms with Gasteiger partial charge in [-0.1, -0.05) is 27.4 Å². The Labute approximate surface area is 205 Å². The van der Waals surface area contributed by atoms with Crippen molar-refractivity contribution < 1.29 is 43.6 Å². The molecule has 4 rings (SSSR count). The largest absolute Gasteiger partial charge is 0.462 e. The van der Waals surface area contributed by atoms with Crippen LogP contribution in [0.15, 0.2) is 12.2 Å². The minimum atomic E-state index is -1.35. The van der Waals surface area contributed by atoms with Gasteiger partial charge in [-0.25, -0.2) is 0 Å². The summed E-state index contributed by atoms with van der Waals surface area (Å²) in [4.78, 5) is 50.2. The quantitative estimate of drug-likeness (QED) is 0.343. The van der Waals surface area contributed by atoms with Gasteiger partial charge >= 0.3 is 17.9 Å². The zero-order valence-electron chi connectivity index (χ0n) is 21.2. The Morgan fingerprint density at radius 2 is 1.43 bits per heavy atom. The fourth-order valence-electron chi connectivity index (χ4n) is 8.71. The lowest BCUT2D eigenvalue weighted by atomic mass is 9.38. The van der Waals surface area contributed by atoms with Crippen LogP contribution in [0.2, 0.25) is 0 Å². The summed E-state index contributed by atoms with van der Waals surface area (Å²) in [6.07, 6.45) is -4.44. The summed E-state index contributed by atoms with van der Waals surface area (Å²) < 4.78 is 17.1. The maximum Gasteiger partial charge on any atom is 0.303 e. The number of hydrogen-bond donors (Lipinski definition) is 2. The molecule has 9 heteroatoms. The zero-order valence-corrected chi connectivity index (χ0v) is 21.2. The molecule has 1 spiro atoms. The second kappa shape index (κ2) is 8.13. The Hall–Kier alpha value is -2.26. The number of allylic oxidation sites excluding steroid dienone is 1. The minimum absolute atomic E-state index is 0.0947. The minimum Gasteiger partial charge on any atom is -0.462 e. The number of fused-ring (bicyclic) bond motifs is 3. The lowest BCUT2D eigenvalue weighted by Gasteiger charge is -2.68. The molecule has 4 aliphatic rings. The summed E-state index contributed by atoms with van der Waals surface area (Å²) in [5, 5.41) is 23.1. The summed E-state index contributed by atoms with van der Waals surface area (Å²) in [6.45, 7) is 13.3. The van der Waals surface area contributed by atoms with Crippen molar-refractivity contribution in [3.8, 4) is 0 Å². The number of aliphatic hydroxyl groups is 2. The Morgan fingerprint density at radius 1 is 0.886 bits per heavy atom. The van der Waals surface area contributed by atoms with Crippen molar-refractivity contribution in [3.05, 3.63) is 12.2 Å². The number of carbonyl (C=O) groups excluding carboxylic acids is 4. The van der Waals surface area contributed by atoms with Crippen molar-refractivity contribution in [2.45, 2.75) is 91.3 Å². The molecule has 0 aromatic heterocycles. The van der Waals surface area contributed by atoms with E-state index >= 15 is 0 Å². The maximum absolute atomic E-state index is 13.9. The number of ether oxygens (including phenoxy) is 3. The van der Waals surface area contributed by atoms with Gasteiger partial charge in [-0.05, 0) is 36.2 Å². The molecule has 9 nitrogen and oxygen atoms in total. The molecule has 0 unspecified atom stereocenters. The summed E-state index contributed by atoms with van der Waals surface area (Å²) in [5.74, 6) is -3.61. The van der Waals surface area contributed by atoms with Crippen molar-refractivity contribution in [2.24, 2.45) is 34.0 Å². The Morgan fingerprint density at radius 3 is 1.97 bits per heavy atom. The first-order chi connectivity index (χ1) is 16.1. The van der Waals surface area contributed by atoms with E-state index in [0.29, 0.717) is 18.4 Å². The summed E-state index contributed by atoms with van der Waals surface area (Å²) in [5.41, 5.74) is -2.88. The van der Waals surface area contributed by atoms with E-state index in [-0.39, 0.29) is 18.1 Å². The van der Waals surface area contributed by atoms with Gasteiger partial charge in [0.05, 0.1) is 17.6 Å². The van der Waals surface area contributed by atoms with E-state index in [1.807, 2.05) is 6.92 Å². The number of aliphatic hydroxyl groups excluding tert-OH is 2. The third kappa shape index (κ3) is 3.49. The van der Waals surface area contributed by atoms with Gasteiger partial charge in [-0.3, -0.25) is 19.2 Å². The van der Waals surface area contributed by atoms with Crippen molar-refractivity contribution in [1.29, 1.82) is 0 Å². The van der Waals surface area contributed by atoms with Gasteiger partial charge in [0.1, 0.15) is 18.3 Å². The molecule has 0 radical (unpaired) electrons. The van der Waals surface area contributed by atoms with E-state index < -0.39 is 76.5 Å². The van der Waals surface area contributed by atoms with Gasteiger partial charge in [0.2, 0.25) is 0 Å². The second-order valence-corrected chi connectivity index (χ2v) is 11.8. The summed E-state index contributed by atoms with van der Waals surface area (Å²) in [7, 11) is 0. The third-order valence-electron chi connectivity index (χ3n) is 9.25. The first-order valence-electron chi connectivity index (χ1n) is 12.2. The predicted molar refractivity (Wildman–Crippen MR) is 121 cm³/mol. The lowest BCUT2D eigenvalue weighted by molar-refractivity contribution is -0.297. The number of rotatable bonds is 3. The third-order valence-corrected chi connectivity index (χ3v) is 9.25. The molecule has 0 aromatic carbocycles. The molecule has 4 aliphatic carbocycles. The number of hydrogen-bond acceptors (Lipinski definition) is 9. The molecule has 0 aromatic rings. The van der Waals surface area contributed by atoms with Crippen molar-refractivity contribution in [2.75, 3.05) is 0 Å². The fourth-order valence-corrected chi connectivity index (χ4v) is 8.71. The molecule has 4 saturated carbocycles. The molecule has 35 heavy (non-hydrogen) atoms. The van der Waals surface area contributed by atoms with Gasteiger partial charge in [0, 0.05) is 38.0 Å². The van der Waals surface area contributed by atoms with Crippen LogP contribution in [0.1, 0.15) is 60.8 Å². The predicted octanol–water partition coefficient (Wildman–Crippen LogP) is 1.72. The maximum atomic E-state index is 13.9. The van der Waals surface area contributed by atoms with Crippen LogP contribution in [0.25, 0.3) is 0 Å². The molecule has 0 heterocycles. The number of carbonyl (C=O) groups is 4. The SMILES string of the molecule is C=C1C(=O)[C@]23C[C@H]1C[C@H](OC(C)=O)[C@H]2[C@@]1(C)C[C@H](O)[C@H](OC(C)=O)C(C)(C)[C@H]1[C@@H](O)[C@@H]3OC(C)=O. The van der Waals surface area contributed by atoms with E-state index in [4.69, 9.17) is 14.2 Å². The monoisotopic (exact) mass is 492 g/mol. The molecule has 4 fully saturated rings. The van der Waals surface area contributed by atoms with Gasteiger partial charge in [0.15, 0.2) is 5.78 Å². The molecule has 0 aliphatic heterocycles. The molecule has 0 saturated heterocycles. The molecule has 194 valence electrons. The number of ketones is 1. The topological polar surface area (TPSA) is 136 Å². The van der Waals surface area contributed by atoms with E-state index in [2.05, 4.69) is 6.58 Å². The van der Waals surface area contributed by atoms with Gasteiger partial charge in [-0.15, -0.1) is 0 Å². The van der Waals surface area contributed by atoms with E-state index in [1.54, 1.807) is 13.8 Å². The van der Waals surface area contributed by atoms with E-state index in [1.165, 1.54) is 20.8 Å². The average Bonchev–Trinajstić information content (AvgIpc) is 2.88. The highest BCUT2D eigenvalue weighted by Gasteiger charge is 2.78. The van der Waals surface area contributed by atoms with Crippen LogP contribution in [0, 0.1) is 34.0 Å². The lowest BCUT2D eigenvalue weighted by Crippen LogP contribution is -2.75. The second-order valence-electron chi connectivity index (χ2n) is 11.8. The van der Waals surface area contributed by atoms with Crippen LogP contribution in [0.4, 0.5) is 0 Å². The van der Waals surface area contributed by atoms with Crippen LogP contribution in [0.3, 0.4) is 0 Å². The number of Topliss-reactive ketones (excluding diaryl/α,β-unsaturated/α-hetero) is 1. The molecule has 10 atom stereocenters. The molecule has 0 amide bonds. The highest BCUT2D eigenvalue weighted by atomic mass is 16.6. The average molecular weight is 493 g/mol. The normalized spacial score (nSPS) is 45.7. The van der Waals surface area contributed by atoms with Crippen LogP contribution in [-0.4, -0.2) is 64.4 Å². The zero-order chi connectivity index (χ0) is 26.2. The first kappa shape index (κ1) is 25.8. The standard InChI is InChI=1S/C26H36O9/c1-11-15-8-17(33-12(2)27)19-25(7)10-16(30)22(34-13(3)28)24(5,6)20(25)18(31)23(35-14(4)29)26(19,9-15)21(11)32/h15-20,22-23,30-31H,1,8-10H2,2-7H3/t15-,16+,17+,18-,19+,20-,22+,23+,25-,26+/m1/s1. The smallest absolute Gasteiger partial charge is 0.303 e. The van der Waals surface area contributed by atoms with E-state index in [9.17, 15) is 29.4 Å². The Bertz CT molecular complexity index is 985.